The smallest absolute Gasteiger partial charge is 0.253 e. The summed E-state index contributed by atoms with van der Waals surface area (Å²) in [5.41, 5.74) is 0.577. The number of ether oxygens (including phenoxy) is 2. The molecule has 4 atom stereocenters. The van der Waals surface area contributed by atoms with Gasteiger partial charge in [0.1, 0.15) is 0 Å². The highest BCUT2D eigenvalue weighted by Crippen LogP contribution is 2.42. The molecular weight excluding hydrogens is 294 g/mol. The van der Waals surface area contributed by atoms with Crippen molar-refractivity contribution in [3.8, 4) is 5.88 Å². The predicted octanol–water partition coefficient (Wildman–Crippen LogP) is 1.07. The first kappa shape index (κ1) is 14.9. The number of likely N-dealkylation sites (tertiary alicyclic amines) is 1. The summed E-state index contributed by atoms with van der Waals surface area (Å²) >= 11 is 0. The Morgan fingerprint density at radius 3 is 2.91 bits per heavy atom. The zero-order valence-corrected chi connectivity index (χ0v) is 13.4. The summed E-state index contributed by atoms with van der Waals surface area (Å²) in [6.07, 6.45) is 5.40. The third kappa shape index (κ3) is 2.60. The van der Waals surface area contributed by atoms with Crippen LogP contribution in [0.3, 0.4) is 0 Å². The minimum Gasteiger partial charge on any atom is -0.481 e. The molecule has 4 rings (SSSR count). The Kier molecular flexibility index (Phi) is 3.95. The van der Waals surface area contributed by atoms with Crippen molar-refractivity contribution in [3.05, 3.63) is 23.9 Å². The molecule has 0 radical (unpaired) electrons. The molecule has 23 heavy (non-hydrogen) atoms. The molecule has 6 nitrogen and oxygen atoms in total. The normalized spacial score (nSPS) is 33.1. The van der Waals surface area contributed by atoms with Gasteiger partial charge in [-0.15, -0.1) is 0 Å². The number of rotatable bonds is 4. The molecule has 1 aromatic heterocycles. The van der Waals surface area contributed by atoms with Gasteiger partial charge in [0.15, 0.2) is 0 Å². The van der Waals surface area contributed by atoms with Gasteiger partial charge in [-0.25, -0.2) is 4.98 Å². The Labute approximate surface area is 136 Å². The molecule has 2 aliphatic heterocycles. The number of aromatic nitrogens is 1. The molecule has 2 saturated heterocycles. The standard InChI is InChI=1S/C17H23N3O3/c1-22-13-5-4-11(10-18-13)17(21)19-14-12-6-9-23-16(12)15(14)20-7-2-3-8-20/h4-5,10,12,14-16H,2-3,6-9H2,1H3,(H,19,21). The number of amides is 1. The van der Waals surface area contributed by atoms with E-state index in [-0.39, 0.29) is 11.9 Å². The third-order valence-corrected chi connectivity index (χ3v) is 5.42. The molecule has 1 aliphatic carbocycles. The maximum atomic E-state index is 12.5. The topological polar surface area (TPSA) is 63.7 Å². The van der Waals surface area contributed by atoms with Crippen molar-refractivity contribution in [2.24, 2.45) is 5.92 Å². The summed E-state index contributed by atoms with van der Waals surface area (Å²) in [5.74, 6) is 0.917. The summed E-state index contributed by atoms with van der Waals surface area (Å²) in [7, 11) is 1.57. The number of hydrogen-bond donors (Lipinski definition) is 1. The van der Waals surface area contributed by atoms with Crippen molar-refractivity contribution in [2.75, 3.05) is 26.8 Å². The molecule has 4 unspecified atom stereocenters. The van der Waals surface area contributed by atoms with E-state index in [9.17, 15) is 4.79 Å². The highest BCUT2D eigenvalue weighted by atomic mass is 16.5. The number of fused-ring (bicyclic) bond motifs is 1. The second-order valence-corrected chi connectivity index (χ2v) is 6.61. The fourth-order valence-electron chi connectivity index (χ4n) is 4.21. The van der Waals surface area contributed by atoms with E-state index in [1.165, 1.54) is 12.8 Å². The van der Waals surface area contributed by atoms with E-state index in [4.69, 9.17) is 9.47 Å². The second-order valence-electron chi connectivity index (χ2n) is 6.61. The maximum Gasteiger partial charge on any atom is 0.253 e. The molecule has 6 heteroatoms. The average Bonchev–Trinajstić information content (AvgIpc) is 3.23. The SMILES string of the molecule is COc1ccc(C(=O)NC2C3CCOC3C2N2CCCC2)cn1. The van der Waals surface area contributed by atoms with Crippen LogP contribution in [0.5, 0.6) is 5.88 Å². The number of carbonyl (C=O) groups excluding carboxylic acids is 1. The van der Waals surface area contributed by atoms with Crippen molar-refractivity contribution >= 4 is 5.91 Å². The van der Waals surface area contributed by atoms with Crippen LogP contribution >= 0.6 is 0 Å². The van der Waals surface area contributed by atoms with Gasteiger partial charge in [-0.3, -0.25) is 9.69 Å². The Balaban J connectivity index is 1.46. The van der Waals surface area contributed by atoms with Crippen molar-refractivity contribution in [3.63, 3.8) is 0 Å². The van der Waals surface area contributed by atoms with Gasteiger partial charge < -0.3 is 14.8 Å². The number of pyridine rings is 1. The van der Waals surface area contributed by atoms with Crippen LogP contribution in [0.2, 0.25) is 0 Å². The summed E-state index contributed by atoms with van der Waals surface area (Å²) in [5, 5.41) is 3.23. The summed E-state index contributed by atoms with van der Waals surface area (Å²) in [4.78, 5) is 19.1. The van der Waals surface area contributed by atoms with E-state index < -0.39 is 0 Å². The molecule has 1 saturated carbocycles. The first-order chi connectivity index (χ1) is 11.3. The van der Waals surface area contributed by atoms with Gasteiger partial charge in [0, 0.05) is 24.8 Å². The molecule has 1 amide bonds. The van der Waals surface area contributed by atoms with Crippen LogP contribution in [0.25, 0.3) is 0 Å². The van der Waals surface area contributed by atoms with Crippen LogP contribution in [0.4, 0.5) is 0 Å². The lowest BCUT2D eigenvalue weighted by Gasteiger charge is -2.51. The molecule has 1 aromatic rings. The molecule has 3 fully saturated rings. The van der Waals surface area contributed by atoms with E-state index in [2.05, 4.69) is 15.2 Å². The van der Waals surface area contributed by atoms with Crippen molar-refractivity contribution in [2.45, 2.75) is 37.5 Å². The van der Waals surface area contributed by atoms with Gasteiger partial charge in [-0.1, -0.05) is 0 Å². The molecule has 0 aromatic carbocycles. The lowest BCUT2D eigenvalue weighted by atomic mass is 9.70. The molecule has 0 spiro atoms. The number of carbonyl (C=O) groups is 1. The van der Waals surface area contributed by atoms with Gasteiger partial charge in [0.05, 0.1) is 30.9 Å². The minimum atomic E-state index is -0.0558. The molecule has 1 N–H and O–H groups in total. The molecule has 0 bridgehead atoms. The lowest BCUT2D eigenvalue weighted by molar-refractivity contribution is -0.0747. The van der Waals surface area contributed by atoms with Crippen LogP contribution in [-0.4, -0.2) is 60.8 Å². The van der Waals surface area contributed by atoms with Crippen LogP contribution in [-0.2, 0) is 4.74 Å². The number of nitrogens with zero attached hydrogens (tertiary/aromatic N) is 2. The van der Waals surface area contributed by atoms with Gasteiger partial charge in [0.2, 0.25) is 5.88 Å². The molecular formula is C17H23N3O3. The largest absolute Gasteiger partial charge is 0.481 e. The van der Waals surface area contributed by atoms with Crippen LogP contribution < -0.4 is 10.1 Å². The highest BCUT2D eigenvalue weighted by Gasteiger charge is 2.56. The Morgan fingerprint density at radius 2 is 2.22 bits per heavy atom. The number of nitrogens with one attached hydrogen (secondary N) is 1. The van der Waals surface area contributed by atoms with Crippen LogP contribution in [0, 0.1) is 5.92 Å². The summed E-state index contributed by atoms with van der Waals surface area (Å²) < 4.78 is 10.9. The Bertz CT molecular complexity index is 566. The Hall–Kier alpha value is -1.66. The highest BCUT2D eigenvalue weighted by molar-refractivity contribution is 5.94. The van der Waals surface area contributed by atoms with Gasteiger partial charge in [-0.05, 0) is 38.4 Å². The molecule has 3 heterocycles. The van der Waals surface area contributed by atoms with Gasteiger partial charge >= 0.3 is 0 Å². The van der Waals surface area contributed by atoms with E-state index in [1.54, 1.807) is 25.4 Å². The van der Waals surface area contributed by atoms with Crippen molar-refractivity contribution < 1.29 is 14.3 Å². The maximum absolute atomic E-state index is 12.5. The fourth-order valence-corrected chi connectivity index (χ4v) is 4.21. The van der Waals surface area contributed by atoms with E-state index in [0.29, 0.717) is 29.5 Å². The van der Waals surface area contributed by atoms with Crippen molar-refractivity contribution in [1.29, 1.82) is 0 Å². The average molecular weight is 317 g/mol. The monoisotopic (exact) mass is 317 g/mol. The van der Waals surface area contributed by atoms with Crippen LogP contribution in [0.15, 0.2) is 18.3 Å². The fraction of sp³-hybridized carbons (Fsp3) is 0.647. The molecule has 124 valence electrons. The first-order valence-corrected chi connectivity index (χ1v) is 8.44. The summed E-state index contributed by atoms with van der Waals surface area (Å²) in [6, 6.07) is 4.00. The van der Waals surface area contributed by atoms with E-state index in [0.717, 1.165) is 26.1 Å². The zero-order valence-electron chi connectivity index (χ0n) is 13.4. The predicted molar refractivity (Wildman–Crippen MR) is 84.5 cm³/mol. The quantitative estimate of drug-likeness (QED) is 0.900. The zero-order chi connectivity index (χ0) is 15.8. The van der Waals surface area contributed by atoms with Gasteiger partial charge in [0.25, 0.3) is 5.91 Å². The summed E-state index contributed by atoms with van der Waals surface area (Å²) in [6.45, 7) is 3.05. The first-order valence-electron chi connectivity index (χ1n) is 8.44. The lowest BCUT2D eigenvalue weighted by Crippen LogP contribution is -2.70. The Morgan fingerprint density at radius 1 is 1.39 bits per heavy atom. The second kappa shape index (κ2) is 6.09. The van der Waals surface area contributed by atoms with Crippen LogP contribution in [0.1, 0.15) is 29.6 Å². The van der Waals surface area contributed by atoms with Crippen molar-refractivity contribution in [1.82, 2.24) is 15.2 Å². The minimum absolute atomic E-state index is 0.0558. The van der Waals surface area contributed by atoms with Gasteiger partial charge in [-0.2, -0.15) is 0 Å². The number of hydrogen-bond acceptors (Lipinski definition) is 5. The molecule has 3 aliphatic rings. The van der Waals surface area contributed by atoms with E-state index >= 15 is 0 Å². The van der Waals surface area contributed by atoms with E-state index in [1.807, 2.05) is 0 Å². The third-order valence-electron chi connectivity index (χ3n) is 5.42. The number of methoxy groups -OCH3 is 1.